The lowest BCUT2D eigenvalue weighted by atomic mass is 10.0. The number of aliphatic hydroxyl groups excluding tert-OH is 1. The van der Waals surface area contributed by atoms with Gasteiger partial charge in [-0.1, -0.05) is 36.4 Å². The molecule has 0 aliphatic carbocycles. The van der Waals surface area contributed by atoms with Gasteiger partial charge in [0, 0.05) is 6.08 Å². The number of alkyl halides is 3. The van der Waals surface area contributed by atoms with Crippen molar-refractivity contribution in [3.8, 4) is 0 Å². The highest BCUT2D eigenvalue weighted by atomic mass is 19.4. The summed E-state index contributed by atoms with van der Waals surface area (Å²) in [5, 5.41) is 10.8. The molecular formula is C14H11F3O. The smallest absolute Gasteiger partial charge is 0.392 e. The minimum absolute atomic E-state index is 0.131. The summed E-state index contributed by atoms with van der Waals surface area (Å²) in [5.41, 5.74) is 0.252. The molecule has 0 unspecified atom stereocenters. The molecule has 2 aromatic rings. The van der Waals surface area contributed by atoms with Crippen LogP contribution in [0, 0.1) is 0 Å². The van der Waals surface area contributed by atoms with E-state index in [1.807, 2.05) is 24.3 Å². The van der Waals surface area contributed by atoms with Crippen LogP contribution in [0.15, 0.2) is 48.5 Å². The van der Waals surface area contributed by atoms with Gasteiger partial charge in [-0.25, -0.2) is 0 Å². The maximum Gasteiger partial charge on any atom is 0.410 e. The highest BCUT2D eigenvalue weighted by molar-refractivity contribution is 5.86. The summed E-state index contributed by atoms with van der Waals surface area (Å²) in [6, 6.07) is 12.3. The van der Waals surface area contributed by atoms with E-state index in [9.17, 15) is 13.2 Å². The quantitative estimate of drug-likeness (QED) is 0.862. The molecule has 2 rings (SSSR count). The third-order valence-corrected chi connectivity index (χ3v) is 2.63. The number of hydrogen-bond donors (Lipinski definition) is 1. The van der Waals surface area contributed by atoms with Crippen LogP contribution < -0.4 is 0 Å². The van der Waals surface area contributed by atoms with Gasteiger partial charge in [0.25, 0.3) is 0 Å². The van der Waals surface area contributed by atoms with E-state index >= 15 is 0 Å². The Morgan fingerprint density at radius 1 is 1.06 bits per heavy atom. The molecule has 0 saturated carbocycles. The zero-order chi connectivity index (χ0) is 13.2. The van der Waals surface area contributed by atoms with Crippen molar-refractivity contribution in [3.05, 3.63) is 54.1 Å². The number of allylic oxidation sites excluding steroid dienone is 1. The summed E-state index contributed by atoms with van der Waals surface area (Å²) in [6.45, 7) is -0.641. The van der Waals surface area contributed by atoms with Crippen LogP contribution in [0.3, 0.4) is 0 Å². The third-order valence-electron chi connectivity index (χ3n) is 2.63. The van der Waals surface area contributed by atoms with Crippen molar-refractivity contribution < 1.29 is 18.3 Å². The molecule has 0 bridgehead atoms. The Morgan fingerprint density at radius 3 is 2.33 bits per heavy atom. The molecular weight excluding hydrogens is 241 g/mol. The SMILES string of the molecule is OC/C(=C\C(F)(F)F)c1ccc2ccccc2c1. The van der Waals surface area contributed by atoms with E-state index in [0.717, 1.165) is 10.8 Å². The maximum atomic E-state index is 12.3. The van der Waals surface area contributed by atoms with E-state index in [1.54, 1.807) is 18.2 Å². The van der Waals surface area contributed by atoms with E-state index in [2.05, 4.69) is 0 Å². The summed E-state index contributed by atoms with van der Waals surface area (Å²) in [6.07, 6.45) is -4.29. The molecule has 0 aliphatic heterocycles. The molecule has 0 atom stereocenters. The monoisotopic (exact) mass is 252 g/mol. The van der Waals surface area contributed by atoms with Gasteiger partial charge in [-0.3, -0.25) is 0 Å². The molecule has 0 heterocycles. The zero-order valence-corrected chi connectivity index (χ0v) is 9.41. The lowest BCUT2D eigenvalue weighted by molar-refractivity contribution is -0.0796. The molecule has 0 aliphatic rings. The van der Waals surface area contributed by atoms with Gasteiger partial charge in [-0.2, -0.15) is 13.2 Å². The van der Waals surface area contributed by atoms with E-state index in [0.29, 0.717) is 5.56 Å². The zero-order valence-electron chi connectivity index (χ0n) is 9.41. The molecule has 4 heteroatoms. The summed E-state index contributed by atoms with van der Waals surface area (Å²) in [7, 11) is 0. The van der Waals surface area contributed by atoms with Crippen LogP contribution in [0.25, 0.3) is 16.3 Å². The van der Waals surface area contributed by atoms with E-state index in [1.165, 1.54) is 0 Å². The molecule has 94 valence electrons. The number of aliphatic hydroxyl groups is 1. The molecule has 0 amide bonds. The fourth-order valence-corrected chi connectivity index (χ4v) is 1.81. The standard InChI is InChI=1S/C14H11F3O/c15-14(16,17)8-13(9-18)12-6-5-10-3-1-2-4-11(10)7-12/h1-8,18H,9H2/b13-8+. The van der Waals surface area contributed by atoms with Crippen molar-refractivity contribution in [1.82, 2.24) is 0 Å². The largest absolute Gasteiger partial charge is 0.410 e. The molecule has 0 radical (unpaired) electrons. The van der Waals surface area contributed by atoms with E-state index in [4.69, 9.17) is 5.11 Å². The highest BCUT2D eigenvalue weighted by Gasteiger charge is 2.24. The van der Waals surface area contributed by atoms with Crippen LogP contribution in [0.5, 0.6) is 0 Å². The summed E-state index contributed by atoms with van der Waals surface area (Å²) >= 11 is 0. The molecule has 0 saturated heterocycles. The maximum absolute atomic E-state index is 12.3. The minimum atomic E-state index is -4.43. The van der Waals surface area contributed by atoms with Gasteiger partial charge in [0.2, 0.25) is 0 Å². The number of fused-ring (bicyclic) bond motifs is 1. The van der Waals surface area contributed by atoms with Crippen LogP contribution in [-0.2, 0) is 0 Å². The Balaban J connectivity index is 2.49. The van der Waals surface area contributed by atoms with Crippen molar-refractivity contribution in [3.63, 3.8) is 0 Å². The van der Waals surface area contributed by atoms with Gasteiger partial charge in [-0.05, 0) is 28.0 Å². The first-order valence-electron chi connectivity index (χ1n) is 5.38. The molecule has 0 aromatic heterocycles. The first-order valence-corrected chi connectivity index (χ1v) is 5.38. The van der Waals surface area contributed by atoms with Crippen molar-refractivity contribution in [2.45, 2.75) is 6.18 Å². The second kappa shape index (κ2) is 4.82. The number of rotatable bonds is 2. The van der Waals surface area contributed by atoms with E-state index < -0.39 is 12.8 Å². The van der Waals surface area contributed by atoms with Crippen LogP contribution in [0.2, 0.25) is 0 Å². The van der Waals surface area contributed by atoms with Crippen molar-refractivity contribution in [2.75, 3.05) is 6.61 Å². The third kappa shape index (κ3) is 2.90. The van der Waals surface area contributed by atoms with Crippen molar-refractivity contribution in [1.29, 1.82) is 0 Å². The molecule has 1 N–H and O–H groups in total. The van der Waals surface area contributed by atoms with Crippen LogP contribution in [0.4, 0.5) is 13.2 Å². The second-order valence-electron chi connectivity index (χ2n) is 3.93. The summed E-state index contributed by atoms with van der Waals surface area (Å²) < 4.78 is 36.9. The van der Waals surface area contributed by atoms with Crippen LogP contribution in [0.1, 0.15) is 5.56 Å². The van der Waals surface area contributed by atoms with Crippen molar-refractivity contribution in [2.24, 2.45) is 0 Å². The topological polar surface area (TPSA) is 20.2 Å². The van der Waals surface area contributed by atoms with E-state index in [-0.39, 0.29) is 11.6 Å². The first kappa shape index (κ1) is 12.6. The first-order chi connectivity index (χ1) is 8.49. The molecule has 2 aromatic carbocycles. The lowest BCUT2D eigenvalue weighted by Gasteiger charge is -2.08. The Morgan fingerprint density at radius 2 is 1.72 bits per heavy atom. The number of benzene rings is 2. The van der Waals surface area contributed by atoms with Gasteiger partial charge in [-0.15, -0.1) is 0 Å². The predicted molar refractivity (Wildman–Crippen MR) is 65.1 cm³/mol. The predicted octanol–water partition coefficient (Wildman–Crippen LogP) is 3.78. The fourth-order valence-electron chi connectivity index (χ4n) is 1.81. The average Bonchev–Trinajstić information content (AvgIpc) is 2.34. The molecule has 0 fully saturated rings. The lowest BCUT2D eigenvalue weighted by Crippen LogP contribution is -2.05. The Labute approximate surface area is 102 Å². The average molecular weight is 252 g/mol. The van der Waals surface area contributed by atoms with Gasteiger partial charge in [0.1, 0.15) is 0 Å². The molecule has 0 spiro atoms. The van der Waals surface area contributed by atoms with Gasteiger partial charge in [0.05, 0.1) is 6.61 Å². The van der Waals surface area contributed by atoms with Gasteiger partial charge >= 0.3 is 6.18 Å². The molecule has 18 heavy (non-hydrogen) atoms. The Hall–Kier alpha value is -1.81. The van der Waals surface area contributed by atoms with Crippen LogP contribution >= 0.6 is 0 Å². The Bertz CT molecular complexity index is 585. The van der Waals surface area contributed by atoms with Crippen molar-refractivity contribution >= 4 is 16.3 Å². The second-order valence-corrected chi connectivity index (χ2v) is 3.93. The normalized spacial score (nSPS) is 13.0. The molecule has 1 nitrogen and oxygen atoms in total. The fraction of sp³-hybridized carbons (Fsp3) is 0.143. The Kier molecular flexibility index (Phi) is 3.39. The van der Waals surface area contributed by atoms with Gasteiger partial charge in [0.15, 0.2) is 0 Å². The van der Waals surface area contributed by atoms with Gasteiger partial charge < -0.3 is 5.11 Å². The number of hydrogen-bond acceptors (Lipinski definition) is 1. The number of halogens is 3. The summed E-state index contributed by atoms with van der Waals surface area (Å²) in [4.78, 5) is 0. The highest BCUT2D eigenvalue weighted by Crippen LogP contribution is 2.26. The summed E-state index contributed by atoms with van der Waals surface area (Å²) in [5.74, 6) is 0. The van der Waals surface area contributed by atoms with Crippen LogP contribution in [-0.4, -0.2) is 17.9 Å². The minimum Gasteiger partial charge on any atom is -0.392 e.